The number of hydrogen-bond donors (Lipinski definition) is 2. The van der Waals surface area contributed by atoms with E-state index in [1.807, 2.05) is 42.6 Å². The maximum absolute atomic E-state index is 6.23. The Balaban J connectivity index is 2.16. The highest BCUT2D eigenvalue weighted by Crippen LogP contribution is 2.30. The topological polar surface area (TPSA) is 50.9 Å². The van der Waals surface area contributed by atoms with Crippen LogP contribution in [0.3, 0.4) is 0 Å². The van der Waals surface area contributed by atoms with E-state index in [1.54, 1.807) is 6.20 Å². The standard InChI is InChI=1S/C16H13ClIN3/c17-14-8-10(4-5-15(14)18)16(21-19)13-3-1-2-11-9-20-7-6-12(11)13/h1-9,16,21H,19H2. The SMILES string of the molecule is NNC(c1ccc(I)c(Cl)c1)c1cccc2cnccc12. The van der Waals surface area contributed by atoms with Gasteiger partial charge in [-0.15, -0.1) is 0 Å². The van der Waals surface area contributed by atoms with Gasteiger partial charge in [0.2, 0.25) is 0 Å². The summed E-state index contributed by atoms with van der Waals surface area (Å²) in [7, 11) is 0. The summed E-state index contributed by atoms with van der Waals surface area (Å²) in [5, 5.41) is 2.95. The van der Waals surface area contributed by atoms with Gasteiger partial charge in [0, 0.05) is 21.4 Å². The van der Waals surface area contributed by atoms with Gasteiger partial charge < -0.3 is 0 Å². The first kappa shape index (κ1) is 14.7. The van der Waals surface area contributed by atoms with Crippen LogP contribution in [0, 0.1) is 3.57 Å². The zero-order valence-corrected chi connectivity index (χ0v) is 14.0. The van der Waals surface area contributed by atoms with Crippen molar-refractivity contribution in [2.24, 2.45) is 5.84 Å². The Labute approximate surface area is 141 Å². The summed E-state index contributed by atoms with van der Waals surface area (Å²) < 4.78 is 1.02. The molecule has 0 bridgehead atoms. The maximum atomic E-state index is 6.23. The number of aromatic nitrogens is 1. The second kappa shape index (κ2) is 6.27. The molecule has 1 heterocycles. The zero-order valence-electron chi connectivity index (χ0n) is 11.1. The Hall–Kier alpha value is -1.21. The van der Waals surface area contributed by atoms with Gasteiger partial charge in [-0.25, -0.2) is 5.43 Å². The van der Waals surface area contributed by atoms with Crippen LogP contribution in [0.2, 0.25) is 5.02 Å². The number of hydrazine groups is 1. The molecule has 106 valence electrons. The Morgan fingerprint density at radius 1 is 1.19 bits per heavy atom. The molecule has 0 radical (unpaired) electrons. The summed E-state index contributed by atoms with van der Waals surface area (Å²) in [4.78, 5) is 4.16. The van der Waals surface area contributed by atoms with E-state index in [0.29, 0.717) is 0 Å². The molecule has 1 atom stereocenters. The lowest BCUT2D eigenvalue weighted by Gasteiger charge is -2.19. The molecule has 2 aromatic carbocycles. The van der Waals surface area contributed by atoms with Crippen molar-refractivity contribution in [2.75, 3.05) is 0 Å². The van der Waals surface area contributed by atoms with Gasteiger partial charge in [0.25, 0.3) is 0 Å². The van der Waals surface area contributed by atoms with Crippen LogP contribution in [0.5, 0.6) is 0 Å². The van der Waals surface area contributed by atoms with Crippen LogP contribution in [-0.2, 0) is 0 Å². The van der Waals surface area contributed by atoms with Gasteiger partial charge in [-0.3, -0.25) is 10.8 Å². The first-order valence-electron chi connectivity index (χ1n) is 6.44. The van der Waals surface area contributed by atoms with E-state index in [4.69, 9.17) is 17.4 Å². The van der Waals surface area contributed by atoms with Crippen LogP contribution in [0.15, 0.2) is 54.9 Å². The van der Waals surface area contributed by atoms with Crippen molar-refractivity contribution in [3.8, 4) is 0 Å². The van der Waals surface area contributed by atoms with E-state index < -0.39 is 0 Å². The molecule has 0 aliphatic heterocycles. The van der Waals surface area contributed by atoms with Gasteiger partial charge in [0.05, 0.1) is 11.1 Å². The highest BCUT2D eigenvalue weighted by Gasteiger charge is 2.16. The van der Waals surface area contributed by atoms with Gasteiger partial charge >= 0.3 is 0 Å². The van der Waals surface area contributed by atoms with Crippen LogP contribution in [0.4, 0.5) is 0 Å². The fourth-order valence-corrected chi connectivity index (χ4v) is 2.98. The van der Waals surface area contributed by atoms with Gasteiger partial charge in [0.15, 0.2) is 0 Å². The smallest absolute Gasteiger partial charge is 0.0716 e. The molecular formula is C16H13ClIN3. The van der Waals surface area contributed by atoms with Crippen molar-refractivity contribution < 1.29 is 0 Å². The van der Waals surface area contributed by atoms with Crippen molar-refractivity contribution in [1.29, 1.82) is 0 Å². The predicted molar refractivity (Wildman–Crippen MR) is 95.1 cm³/mol. The maximum Gasteiger partial charge on any atom is 0.0716 e. The normalized spacial score (nSPS) is 12.5. The molecule has 5 heteroatoms. The minimum atomic E-state index is -0.120. The third-order valence-electron chi connectivity index (χ3n) is 3.47. The number of nitrogens with one attached hydrogen (secondary N) is 1. The molecular weight excluding hydrogens is 397 g/mol. The lowest BCUT2D eigenvalue weighted by molar-refractivity contribution is 0.641. The first-order chi connectivity index (χ1) is 10.2. The number of rotatable bonds is 3. The number of hydrogen-bond acceptors (Lipinski definition) is 3. The van der Waals surface area contributed by atoms with E-state index in [2.05, 4.69) is 39.1 Å². The van der Waals surface area contributed by atoms with Gasteiger partial charge in [-0.2, -0.15) is 0 Å². The molecule has 0 saturated carbocycles. The third-order valence-corrected chi connectivity index (χ3v) is 5.04. The minimum Gasteiger partial charge on any atom is -0.271 e. The Kier molecular flexibility index (Phi) is 4.40. The van der Waals surface area contributed by atoms with Crippen LogP contribution < -0.4 is 11.3 Å². The summed E-state index contributed by atoms with van der Waals surface area (Å²) in [5.41, 5.74) is 5.03. The Bertz CT molecular complexity index is 786. The number of nitrogens with zero attached hydrogens (tertiary/aromatic N) is 1. The van der Waals surface area contributed by atoms with Crippen LogP contribution >= 0.6 is 34.2 Å². The largest absolute Gasteiger partial charge is 0.271 e. The van der Waals surface area contributed by atoms with Crippen molar-refractivity contribution in [2.45, 2.75) is 6.04 Å². The highest BCUT2D eigenvalue weighted by atomic mass is 127. The number of fused-ring (bicyclic) bond motifs is 1. The monoisotopic (exact) mass is 409 g/mol. The van der Waals surface area contributed by atoms with E-state index in [-0.39, 0.29) is 6.04 Å². The summed E-state index contributed by atoms with van der Waals surface area (Å²) in [6, 6.07) is 14.0. The molecule has 0 saturated heterocycles. The fourth-order valence-electron chi connectivity index (χ4n) is 2.46. The van der Waals surface area contributed by atoms with E-state index in [9.17, 15) is 0 Å². The second-order valence-corrected chi connectivity index (χ2v) is 6.29. The Morgan fingerprint density at radius 3 is 2.81 bits per heavy atom. The number of pyridine rings is 1. The summed E-state index contributed by atoms with van der Waals surface area (Å²) >= 11 is 8.45. The number of halogens is 2. The molecule has 0 aliphatic carbocycles. The third kappa shape index (κ3) is 2.89. The fraction of sp³-hybridized carbons (Fsp3) is 0.0625. The molecule has 3 aromatic rings. The summed E-state index contributed by atoms with van der Waals surface area (Å²) in [6.45, 7) is 0. The molecule has 1 aromatic heterocycles. The second-order valence-electron chi connectivity index (χ2n) is 4.72. The molecule has 3 nitrogen and oxygen atoms in total. The molecule has 0 fully saturated rings. The molecule has 0 amide bonds. The quantitative estimate of drug-likeness (QED) is 0.390. The van der Waals surface area contributed by atoms with E-state index >= 15 is 0 Å². The summed E-state index contributed by atoms with van der Waals surface area (Å²) in [5.74, 6) is 5.81. The summed E-state index contributed by atoms with van der Waals surface area (Å²) in [6.07, 6.45) is 3.65. The molecule has 0 spiro atoms. The van der Waals surface area contributed by atoms with Crippen molar-refractivity contribution >= 4 is 45.0 Å². The number of nitrogens with two attached hydrogens (primary N) is 1. The average molecular weight is 410 g/mol. The van der Waals surface area contributed by atoms with E-state index in [1.165, 1.54) is 0 Å². The first-order valence-corrected chi connectivity index (χ1v) is 7.90. The van der Waals surface area contributed by atoms with Gasteiger partial charge in [-0.05, 0) is 57.3 Å². The molecule has 3 N–H and O–H groups in total. The highest BCUT2D eigenvalue weighted by molar-refractivity contribution is 14.1. The van der Waals surface area contributed by atoms with Crippen molar-refractivity contribution in [3.05, 3.63) is 74.6 Å². The Morgan fingerprint density at radius 2 is 2.05 bits per heavy atom. The van der Waals surface area contributed by atoms with Crippen molar-refractivity contribution in [1.82, 2.24) is 10.4 Å². The van der Waals surface area contributed by atoms with Crippen LogP contribution in [0.1, 0.15) is 17.2 Å². The molecule has 21 heavy (non-hydrogen) atoms. The van der Waals surface area contributed by atoms with Crippen LogP contribution in [0.25, 0.3) is 10.8 Å². The number of benzene rings is 2. The van der Waals surface area contributed by atoms with Crippen molar-refractivity contribution in [3.63, 3.8) is 0 Å². The lowest BCUT2D eigenvalue weighted by Crippen LogP contribution is -2.29. The molecule has 3 rings (SSSR count). The molecule has 0 aliphatic rings. The van der Waals surface area contributed by atoms with Gasteiger partial charge in [-0.1, -0.05) is 35.9 Å². The zero-order chi connectivity index (χ0) is 14.8. The van der Waals surface area contributed by atoms with Gasteiger partial charge in [0.1, 0.15) is 0 Å². The average Bonchev–Trinajstić information content (AvgIpc) is 2.52. The van der Waals surface area contributed by atoms with Crippen LogP contribution in [-0.4, -0.2) is 4.98 Å². The van der Waals surface area contributed by atoms with E-state index in [0.717, 1.165) is 30.5 Å². The lowest BCUT2D eigenvalue weighted by atomic mass is 9.95. The molecule has 1 unspecified atom stereocenters. The minimum absolute atomic E-state index is 0.120. The predicted octanol–water partition coefficient (Wildman–Crippen LogP) is 4.05.